The highest BCUT2D eigenvalue weighted by atomic mass is 32.2. The summed E-state index contributed by atoms with van der Waals surface area (Å²) < 4.78 is 33.6. The van der Waals surface area contributed by atoms with Gasteiger partial charge in [0.25, 0.3) is 0 Å². The van der Waals surface area contributed by atoms with Crippen molar-refractivity contribution in [3.63, 3.8) is 0 Å². The zero-order chi connectivity index (χ0) is 28.0. The van der Waals surface area contributed by atoms with Crippen molar-refractivity contribution in [3.05, 3.63) is 86.0 Å². The minimum atomic E-state index is -0.640. The predicted octanol–water partition coefficient (Wildman–Crippen LogP) is 5.24. The van der Waals surface area contributed by atoms with Crippen molar-refractivity contribution in [1.82, 2.24) is 0 Å². The van der Waals surface area contributed by atoms with Crippen LogP contribution in [0.1, 0.15) is 0 Å². The topological polar surface area (TPSA) is 89.5 Å². The first-order chi connectivity index (χ1) is 19.0. The van der Waals surface area contributed by atoms with Gasteiger partial charge in [-0.15, -0.1) is 0 Å². The molecule has 9 heteroatoms. The first-order valence-electron chi connectivity index (χ1n) is 12.2. The Balaban J connectivity index is 1.99. The highest BCUT2D eigenvalue weighted by Crippen LogP contribution is 2.44. The van der Waals surface area contributed by atoms with Gasteiger partial charge in [0.05, 0.1) is 18.1 Å². The summed E-state index contributed by atoms with van der Waals surface area (Å²) in [6, 6.07) is 19.4. The number of carbonyl (C=O) groups excluding carboxylic acids is 2. The molecular weight excluding hydrogens is 520 g/mol. The third-order valence-corrected chi connectivity index (χ3v) is 6.37. The molecule has 0 spiro atoms. The third-order valence-electron chi connectivity index (χ3n) is 5.34. The number of rotatable bonds is 16. The lowest BCUT2D eigenvalue weighted by Crippen LogP contribution is -2.29. The normalized spacial score (nSPS) is 12.3. The van der Waals surface area contributed by atoms with Gasteiger partial charge in [0.15, 0.2) is 12.2 Å². The highest BCUT2D eigenvalue weighted by molar-refractivity contribution is 7.99. The van der Waals surface area contributed by atoms with Crippen molar-refractivity contribution in [2.24, 2.45) is 0 Å². The number of benzene rings is 3. The van der Waals surface area contributed by atoms with Gasteiger partial charge in [0.2, 0.25) is 0 Å². The Kier molecular flexibility index (Phi) is 11.9. The van der Waals surface area contributed by atoms with E-state index in [-0.39, 0.29) is 26.4 Å². The minimum absolute atomic E-state index is 0.0629. The lowest BCUT2D eigenvalue weighted by molar-refractivity contribution is -0.148. The molecule has 0 aliphatic rings. The van der Waals surface area contributed by atoms with Crippen LogP contribution in [0.4, 0.5) is 0 Å². The van der Waals surface area contributed by atoms with Crippen LogP contribution >= 0.6 is 11.8 Å². The quantitative estimate of drug-likeness (QED) is 0.175. The Morgan fingerprint density at radius 3 is 1.87 bits per heavy atom. The molecule has 0 N–H and O–H groups in total. The molecule has 3 aromatic carbocycles. The molecule has 0 heterocycles. The van der Waals surface area contributed by atoms with E-state index in [2.05, 4.69) is 13.2 Å². The van der Waals surface area contributed by atoms with E-state index in [0.29, 0.717) is 11.5 Å². The van der Waals surface area contributed by atoms with Gasteiger partial charge in [0.1, 0.15) is 24.7 Å². The van der Waals surface area contributed by atoms with Crippen LogP contribution in [0.3, 0.4) is 0 Å². The Morgan fingerprint density at radius 1 is 0.769 bits per heavy atom. The van der Waals surface area contributed by atoms with Crippen LogP contribution in [-0.4, -0.2) is 64.8 Å². The van der Waals surface area contributed by atoms with E-state index in [1.54, 1.807) is 0 Å². The second-order valence-corrected chi connectivity index (χ2v) is 9.34. The number of methoxy groups -OCH3 is 2. The monoisotopic (exact) mass is 552 g/mol. The summed E-state index contributed by atoms with van der Waals surface area (Å²) in [4.78, 5) is 25.4. The number of ether oxygens (including phenoxy) is 6. The molecule has 0 saturated heterocycles. The molecule has 0 amide bonds. The van der Waals surface area contributed by atoms with Crippen LogP contribution in [0.2, 0.25) is 0 Å². The molecule has 0 aliphatic carbocycles. The molecule has 0 aromatic heterocycles. The van der Waals surface area contributed by atoms with E-state index in [0.717, 1.165) is 32.7 Å². The summed E-state index contributed by atoms with van der Waals surface area (Å²) in [5, 5.41) is 1.59. The lowest BCUT2D eigenvalue weighted by Gasteiger charge is -2.22. The van der Waals surface area contributed by atoms with E-state index in [4.69, 9.17) is 28.4 Å². The fraction of sp³-hybridized carbons (Fsp3) is 0.267. The first-order valence-corrected chi connectivity index (χ1v) is 13.0. The van der Waals surface area contributed by atoms with Gasteiger partial charge in [-0.1, -0.05) is 67.4 Å². The highest BCUT2D eigenvalue weighted by Gasteiger charge is 2.21. The average Bonchev–Trinajstić information content (AvgIpc) is 2.95. The van der Waals surface area contributed by atoms with Gasteiger partial charge in [-0.2, -0.15) is 0 Å². The largest absolute Gasteiger partial charge is 0.489 e. The van der Waals surface area contributed by atoms with Crippen LogP contribution < -0.4 is 9.47 Å². The fourth-order valence-corrected chi connectivity index (χ4v) is 4.61. The van der Waals surface area contributed by atoms with Crippen LogP contribution in [0, 0.1) is 0 Å². The van der Waals surface area contributed by atoms with Crippen LogP contribution in [-0.2, 0) is 28.5 Å². The molecule has 0 aliphatic heterocycles. The van der Waals surface area contributed by atoms with Gasteiger partial charge in [0, 0.05) is 42.0 Å². The fourth-order valence-electron chi connectivity index (χ4n) is 3.64. The standard InChI is InChI=1S/C30H32O8S/c1-5-28(31)37-21(17-33-3)19-35-26-16-27(39-23-12-8-7-9-13-23)30(25-15-11-10-14-24(25)26)36-20-22(18-34-4)38-29(32)6-2/h5-16,21-22H,1-2,17-20H2,3-4H3. The Labute approximate surface area is 232 Å². The van der Waals surface area contributed by atoms with Crippen molar-refractivity contribution in [3.8, 4) is 11.5 Å². The predicted molar refractivity (Wildman–Crippen MR) is 149 cm³/mol. The second kappa shape index (κ2) is 15.6. The van der Waals surface area contributed by atoms with Gasteiger partial charge in [-0.05, 0) is 18.2 Å². The van der Waals surface area contributed by atoms with Crippen molar-refractivity contribution < 1.29 is 38.0 Å². The Hall–Kier alpha value is -3.79. The molecule has 3 rings (SSSR count). The van der Waals surface area contributed by atoms with Crippen LogP contribution in [0.15, 0.2) is 95.8 Å². The summed E-state index contributed by atoms with van der Waals surface area (Å²) in [6.07, 6.45) is 0.931. The molecule has 0 radical (unpaired) electrons. The van der Waals surface area contributed by atoms with E-state index >= 15 is 0 Å². The summed E-state index contributed by atoms with van der Waals surface area (Å²) in [7, 11) is 3.05. The Morgan fingerprint density at radius 2 is 1.31 bits per heavy atom. The van der Waals surface area contributed by atoms with E-state index in [1.807, 2.05) is 60.7 Å². The number of hydrogen-bond donors (Lipinski definition) is 0. The molecular formula is C30H32O8S. The van der Waals surface area contributed by atoms with Gasteiger partial charge in [-0.3, -0.25) is 0 Å². The maximum Gasteiger partial charge on any atom is 0.330 e. The number of esters is 2. The zero-order valence-electron chi connectivity index (χ0n) is 22.0. The van der Waals surface area contributed by atoms with Gasteiger partial charge < -0.3 is 28.4 Å². The van der Waals surface area contributed by atoms with Gasteiger partial charge in [-0.25, -0.2) is 9.59 Å². The summed E-state index contributed by atoms with van der Waals surface area (Å²) in [5.74, 6) is 0.0704. The molecule has 0 saturated carbocycles. The van der Waals surface area contributed by atoms with E-state index < -0.39 is 24.1 Å². The van der Waals surface area contributed by atoms with Crippen LogP contribution in [0.25, 0.3) is 10.8 Å². The average molecular weight is 553 g/mol. The summed E-state index contributed by atoms with van der Waals surface area (Å²) >= 11 is 1.50. The third kappa shape index (κ3) is 8.88. The maximum atomic E-state index is 11.8. The van der Waals surface area contributed by atoms with Crippen LogP contribution in [0.5, 0.6) is 11.5 Å². The lowest BCUT2D eigenvalue weighted by atomic mass is 10.1. The number of hydrogen-bond acceptors (Lipinski definition) is 9. The van der Waals surface area contributed by atoms with Crippen molar-refractivity contribution in [2.45, 2.75) is 22.0 Å². The molecule has 3 aromatic rings. The first kappa shape index (κ1) is 29.8. The minimum Gasteiger partial charge on any atom is -0.489 e. The molecule has 0 fully saturated rings. The molecule has 2 atom stereocenters. The van der Waals surface area contributed by atoms with Crippen molar-refractivity contribution in [1.29, 1.82) is 0 Å². The van der Waals surface area contributed by atoms with Gasteiger partial charge >= 0.3 is 11.9 Å². The van der Waals surface area contributed by atoms with E-state index in [9.17, 15) is 9.59 Å². The molecule has 8 nitrogen and oxygen atoms in total. The molecule has 2 unspecified atom stereocenters. The van der Waals surface area contributed by atoms with E-state index in [1.165, 1.54) is 26.0 Å². The van der Waals surface area contributed by atoms with Crippen molar-refractivity contribution >= 4 is 34.5 Å². The number of fused-ring (bicyclic) bond motifs is 1. The molecule has 0 bridgehead atoms. The maximum absolute atomic E-state index is 11.8. The molecule has 206 valence electrons. The molecule has 39 heavy (non-hydrogen) atoms. The van der Waals surface area contributed by atoms with Crippen molar-refractivity contribution in [2.75, 3.05) is 40.6 Å². The smallest absolute Gasteiger partial charge is 0.330 e. The Bertz CT molecular complexity index is 1260. The SMILES string of the molecule is C=CC(=O)OC(COC)COc1cc(Sc2ccccc2)c(OCC(COC)OC(=O)C=C)c2ccccc12. The number of carbonyl (C=O) groups is 2. The zero-order valence-corrected chi connectivity index (χ0v) is 22.8. The second-order valence-electron chi connectivity index (χ2n) is 8.22. The summed E-state index contributed by atoms with van der Waals surface area (Å²) in [5.41, 5.74) is 0. The summed E-state index contributed by atoms with van der Waals surface area (Å²) in [6.45, 7) is 7.35.